The fourth-order valence-corrected chi connectivity index (χ4v) is 2.31. The maximum atomic E-state index is 12.1. The lowest BCUT2D eigenvalue weighted by atomic mass is 10.1. The number of hydrogen-bond acceptors (Lipinski definition) is 3. The first-order chi connectivity index (χ1) is 10.1. The molecule has 0 saturated carbocycles. The number of carbonyl (C=O) groups is 1. The third-order valence-electron chi connectivity index (χ3n) is 3.16. The number of amides is 1. The minimum Gasteiger partial charge on any atom is -0.378 e. The largest absolute Gasteiger partial charge is 0.378 e. The molecule has 1 heterocycles. The minimum atomic E-state index is -1.32. The average molecular weight is 302 g/mol. The van der Waals surface area contributed by atoms with Crippen molar-refractivity contribution < 1.29 is 9.90 Å². The van der Waals surface area contributed by atoms with E-state index in [0.29, 0.717) is 16.3 Å². The zero-order chi connectivity index (χ0) is 14.8. The van der Waals surface area contributed by atoms with Gasteiger partial charge in [0, 0.05) is 21.7 Å². The number of aliphatic hydroxyl groups excluding tert-OH is 1. The number of anilines is 1. The Bertz CT molecular complexity index is 800. The van der Waals surface area contributed by atoms with Crippen molar-refractivity contribution in [1.82, 2.24) is 10.2 Å². The predicted molar refractivity (Wildman–Crippen MR) is 81.1 cm³/mol. The third-order valence-corrected chi connectivity index (χ3v) is 3.50. The summed E-state index contributed by atoms with van der Waals surface area (Å²) >= 11 is 5.98. The van der Waals surface area contributed by atoms with Gasteiger partial charge < -0.3 is 10.4 Å². The molecule has 21 heavy (non-hydrogen) atoms. The molecule has 0 bridgehead atoms. The number of carbonyl (C=O) groups excluding carboxylic acids is 1. The number of aromatic amines is 1. The van der Waals surface area contributed by atoms with Gasteiger partial charge in [-0.15, -0.1) is 0 Å². The van der Waals surface area contributed by atoms with Gasteiger partial charge in [-0.25, -0.2) is 0 Å². The molecule has 1 atom stereocenters. The minimum absolute atomic E-state index is 0.352. The van der Waals surface area contributed by atoms with Crippen LogP contribution in [0.4, 0.5) is 5.69 Å². The second-order valence-electron chi connectivity index (χ2n) is 4.59. The maximum absolute atomic E-state index is 12.1. The van der Waals surface area contributed by atoms with Crippen LogP contribution in [0.2, 0.25) is 5.02 Å². The van der Waals surface area contributed by atoms with Crippen LogP contribution >= 0.6 is 11.6 Å². The topological polar surface area (TPSA) is 78.0 Å². The van der Waals surface area contributed by atoms with Crippen molar-refractivity contribution in [2.24, 2.45) is 0 Å². The van der Waals surface area contributed by atoms with Crippen LogP contribution in [-0.4, -0.2) is 21.2 Å². The summed E-state index contributed by atoms with van der Waals surface area (Å²) in [5, 5.41) is 20.7. The molecule has 5 nitrogen and oxygen atoms in total. The molecule has 1 amide bonds. The highest BCUT2D eigenvalue weighted by Gasteiger charge is 2.19. The van der Waals surface area contributed by atoms with E-state index in [4.69, 9.17) is 11.6 Å². The van der Waals surface area contributed by atoms with Gasteiger partial charge in [-0.05, 0) is 24.3 Å². The highest BCUT2D eigenvalue weighted by molar-refractivity contribution is 6.31. The first-order valence-electron chi connectivity index (χ1n) is 6.31. The quantitative estimate of drug-likeness (QED) is 0.696. The molecule has 0 aliphatic rings. The van der Waals surface area contributed by atoms with Crippen molar-refractivity contribution in [3.8, 4) is 0 Å². The Labute approximate surface area is 125 Å². The molecule has 0 unspecified atom stereocenters. The molecule has 0 fully saturated rings. The Hall–Kier alpha value is -2.37. The first kappa shape index (κ1) is 13.6. The van der Waals surface area contributed by atoms with Gasteiger partial charge in [0.05, 0.1) is 11.7 Å². The number of benzene rings is 2. The van der Waals surface area contributed by atoms with Crippen LogP contribution in [0.1, 0.15) is 11.7 Å². The molecule has 3 aromatic rings. The van der Waals surface area contributed by atoms with Gasteiger partial charge in [-0.2, -0.15) is 5.10 Å². The number of rotatable bonds is 3. The molecule has 1 aromatic heterocycles. The van der Waals surface area contributed by atoms with Crippen LogP contribution in [-0.2, 0) is 4.79 Å². The van der Waals surface area contributed by atoms with Gasteiger partial charge in [0.15, 0.2) is 6.10 Å². The summed E-state index contributed by atoms with van der Waals surface area (Å²) in [5.74, 6) is -0.536. The van der Waals surface area contributed by atoms with Crippen LogP contribution in [0.3, 0.4) is 0 Å². The number of aliphatic hydroxyl groups is 1. The number of aromatic nitrogens is 2. The zero-order valence-corrected chi connectivity index (χ0v) is 11.6. The molecular formula is C15H12ClN3O2. The summed E-state index contributed by atoms with van der Waals surface area (Å²) in [6.45, 7) is 0. The Morgan fingerprint density at radius 3 is 2.90 bits per heavy atom. The van der Waals surface area contributed by atoms with Crippen molar-refractivity contribution >= 4 is 34.1 Å². The van der Waals surface area contributed by atoms with E-state index in [9.17, 15) is 9.90 Å². The Balaban J connectivity index is 1.80. The van der Waals surface area contributed by atoms with Gasteiger partial charge >= 0.3 is 0 Å². The van der Waals surface area contributed by atoms with Gasteiger partial charge in [-0.1, -0.05) is 29.8 Å². The van der Waals surface area contributed by atoms with Crippen molar-refractivity contribution in [1.29, 1.82) is 0 Å². The van der Waals surface area contributed by atoms with Crippen LogP contribution in [0, 0.1) is 0 Å². The molecule has 0 saturated heterocycles. The second-order valence-corrected chi connectivity index (χ2v) is 4.99. The van der Waals surface area contributed by atoms with Crippen molar-refractivity contribution in [3.63, 3.8) is 0 Å². The second kappa shape index (κ2) is 5.55. The number of nitrogens with one attached hydrogen (secondary N) is 2. The smallest absolute Gasteiger partial charge is 0.257 e. The third kappa shape index (κ3) is 2.74. The zero-order valence-electron chi connectivity index (χ0n) is 10.9. The lowest BCUT2D eigenvalue weighted by molar-refractivity contribution is -0.124. The summed E-state index contributed by atoms with van der Waals surface area (Å²) in [5.41, 5.74) is 1.83. The molecule has 3 N–H and O–H groups in total. The molecule has 3 rings (SSSR count). The van der Waals surface area contributed by atoms with E-state index in [1.807, 2.05) is 0 Å². The molecule has 0 aliphatic heterocycles. The van der Waals surface area contributed by atoms with E-state index in [-0.39, 0.29) is 0 Å². The number of hydrogen-bond donors (Lipinski definition) is 3. The standard InChI is InChI=1S/C15H12ClN3O2/c16-12-4-2-1-3-11(12)14(20)15(21)18-10-5-6-13-9(7-10)8-17-19-13/h1-8,14,20H,(H,17,19)(H,18,21)/t14-/m1/s1. The summed E-state index contributed by atoms with van der Waals surface area (Å²) in [6, 6.07) is 12.0. The summed E-state index contributed by atoms with van der Waals surface area (Å²) < 4.78 is 0. The highest BCUT2D eigenvalue weighted by Crippen LogP contribution is 2.24. The number of halogens is 1. The van der Waals surface area contributed by atoms with Gasteiger partial charge in [-0.3, -0.25) is 9.89 Å². The monoisotopic (exact) mass is 301 g/mol. The van der Waals surface area contributed by atoms with Crippen molar-refractivity contribution in [2.45, 2.75) is 6.10 Å². The van der Waals surface area contributed by atoms with E-state index in [1.54, 1.807) is 48.7 Å². The summed E-state index contributed by atoms with van der Waals surface area (Å²) in [4.78, 5) is 12.1. The lowest BCUT2D eigenvalue weighted by Gasteiger charge is -2.13. The summed E-state index contributed by atoms with van der Waals surface area (Å²) in [6.07, 6.45) is 0.342. The molecular weight excluding hydrogens is 290 g/mol. The first-order valence-corrected chi connectivity index (χ1v) is 6.69. The van der Waals surface area contributed by atoms with Crippen LogP contribution in [0.15, 0.2) is 48.7 Å². The fraction of sp³-hybridized carbons (Fsp3) is 0.0667. The van der Waals surface area contributed by atoms with E-state index < -0.39 is 12.0 Å². The van der Waals surface area contributed by atoms with Crippen molar-refractivity contribution in [3.05, 3.63) is 59.2 Å². The Morgan fingerprint density at radius 2 is 2.10 bits per heavy atom. The molecule has 0 spiro atoms. The SMILES string of the molecule is O=C(Nc1ccc2[nH]ncc2c1)[C@H](O)c1ccccc1Cl. The fourth-order valence-electron chi connectivity index (χ4n) is 2.07. The van der Waals surface area contributed by atoms with E-state index in [0.717, 1.165) is 10.9 Å². The number of fused-ring (bicyclic) bond motifs is 1. The summed E-state index contributed by atoms with van der Waals surface area (Å²) in [7, 11) is 0. The highest BCUT2D eigenvalue weighted by atomic mass is 35.5. The van der Waals surface area contributed by atoms with Crippen LogP contribution in [0.25, 0.3) is 10.9 Å². The predicted octanol–water partition coefficient (Wildman–Crippen LogP) is 2.89. The normalized spacial score (nSPS) is 12.3. The van der Waals surface area contributed by atoms with Crippen LogP contribution in [0.5, 0.6) is 0 Å². The molecule has 0 radical (unpaired) electrons. The van der Waals surface area contributed by atoms with Gasteiger partial charge in [0.2, 0.25) is 0 Å². The molecule has 106 valence electrons. The lowest BCUT2D eigenvalue weighted by Crippen LogP contribution is -2.21. The van der Waals surface area contributed by atoms with Gasteiger partial charge in [0.1, 0.15) is 0 Å². The molecule has 0 aliphatic carbocycles. The Kier molecular flexibility index (Phi) is 3.60. The Morgan fingerprint density at radius 1 is 1.29 bits per heavy atom. The van der Waals surface area contributed by atoms with E-state index >= 15 is 0 Å². The average Bonchev–Trinajstić information content (AvgIpc) is 2.94. The number of nitrogens with zero attached hydrogens (tertiary/aromatic N) is 1. The van der Waals surface area contributed by atoms with E-state index in [2.05, 4.69) is 15.5 Å². The van der Waals surface area contributed by atoms with E-state index in [1.165, 1.54) is 0 Å². The molecule has 6 heteroatoms. The number of H-pyrrole nitrogens is 1. The molecule has 2 aromatic carbocycles. The van der Waals surface area contributed by atoms with Crippen LogP contribution < -0.4 is 5.32 Å². The maximum Gasteiger partial charge on any atom is 0.257 e. The van der Waals surface area contributed by atoms with Crippen molar-refractivity contribution in [2.75, 3.05) is 5.32 Å². The van der Waals surface area contributed by atoms with Gasteiger partial charge in [0.25, 0.3) is 5.91 Å².